The molecule has 0 nitrogen and oxygen atoms in total. The zero-order valence-electron chi connectivity index (χ0n) is 16.5. The predicted molar refractivity (Wildman–Crippen MR) is 122 cm³/mol. The van der Waals surface area contributed by atoms with Gasteiger partial charge in [0, 0.05) is 0 Å². The Kier molecular flexibility index (Phi) is 15.9. The Balaban J connectivity index is 0.000000260. The molecule has 2 aromatic carbocycles. The first-order chi connectivity index (χ1) is 12.9. The van der Waals surface area contributed by atoms with Crippen LogP contribution in [0.4, 0.5) is 0 Å². The molecule has 0 heterocycles. The van der Waals surface area contributed by atoms with Gasteiger partial charge < -0.3 is 12.6 Å². The maximum atomic E-state index is 4.90. The van der Waals surface area contributed by atoms with Gasteiger partial charge in [0.2, 0.25) is 0 Å². The standard InChI is InChI=1S/C12H26S.2C6H5.Al/c1-2-3-4-5-6-7-8-9-10-11-12-13;2*1-2-4-6-5-3-1;/h13H,2-12H2,1H3;2*1-5H;/q;;;+1/p-1. The molecule has 0 aliphatic heterocycles. The number of rotatable bonds is 12. The summed E-state index contributed by atoms with van der Waals surface area (Å²) in [6.07, 6.45) is 14.0. The summed E-state index contributed by atoms with van der Waals surface area (Å²) in [5.41, 5.74) is 0. The maximum absolute atomic E-state index is 4.90. The average molecular weight is 383 g/mol. The molecule has 0 aromatic heterocycles. The Hall–Kier alpha value is -0.678. The number of hydrogen-bond acceptors (Lipinski definition) is 1. The number of benzene rings is 2. The third-order valence-electron chi connectivity index (χ3n) is 4.43. The molecule has 0 bridgehead atoms. The SMILES string of the molecule is CCCCCCCCCCCC[S-].c1cc[c]([Al+][c]2ccccc2)cc1. The van der Waals surface area contributed by atoms with E-state index in [1.54, 1.807) is 0 Å². The third kappa shape index (κ3) is 13.5. The van der Waals surface area contributed by atoms with Gasteiger partial charge in [-0.2, -0.15) is 5.75 Å². The van der Waals surface area contributed by atoms with Crippen molar-refractivity contribution >= 4 is 36.7 Å². The molecule has 2 aromatic rings. The Morgan fingerprint density at radius 1 is 0.577 bits per heavy atom. The first kappa shape index (κ1) is 23.4. The van der Waals surface area contributed by atoms with E-state index in [1.807, 2.05) is 0 Å². The minimum atomic E-state index is 0.271. The van der Waals surface area contributed by atoms with Gasteiger partial charge in [-0.05, 0) is 0 Å². The Morgan fingerprint density at radius 2 is 0.962 bits per heavy atom. The summed E-state index contributed by atoms with van der Waals surface area (Å²) in [5, 5.41) is 0. The van der Waals surface area contributed by atoms with Crippen molar-refractivity contribution in [2.45, 2.75) is 71.1 Å². The van der Waals surface area contributed by atoms with Crippen LogP contribution < -0.4 is 8.85 Å². The van der Waals surface area contributed by atoms with Crippen LogP contribution in [0, 0.1) is 0 Å². The molecule has 0 amide bonds. The van der Waals surface area contributed by atoms with Gasteiger partial charge in [-0.1, -0.05) is 71.1 Å². The normalized spacial score (nSPS) is 9.92. The van der Waals surface area contributed by atoms with Crippen LogP contribution in [0.5, 0.6) is 0 Å². The molecule has 2 heteroatoms. The minimum absolute atomic E-state index is 0.271. The fourth-order valence-electron chi connectivity index (χ4n) is 2.88. The summed E-state index contributed by atoms with van der Waals surface area (Å²) in [6, 6.07) is 21.3. The van der Waals surface area contributed by atoms with E-state index in [0.29, 0.717) is 0 Å². The number of unbranched alkanes of at least 4 members (excludes halogenated alkanes) is 9. The van der Waals surface area contributed by atoms with Crippen molar-refractivity contribution in [3.63, 3.8) is 0 Å². The van der Waals surface area contributed by atoms with Gasteiger partial charge in [0.15, 0.2) is 0 Å². The zero-order chi connectivity index (χ0) is 18.7. The van der Waals surface area contributed by atoms with Crippen molar-refractivity contribution in [2.24, 2.45) is 0 Å². The van der Waals surface area contributed by atoms with E-state index < -0.39 is 0 Å². The van der Waals surface area contributed by atoms with E-state index in [4.69, 9.17) is 12.6 Å². The fraction of sp³-hybridized carbons (Fsp3) is 0.500. The molecule has 2 rings (SSSR count). The second kappa shape index (κ2) is 17.7. The van der Waals surface area contributed by atoms with Crippen molar-refractivity contribution in [1.82, 2.24) is 0 Å². The van der Waals surface area contributed by atoms with Gasteiger partial charge in [0.1, 0.15) is 0 Å². The zero-order valence-corrected chi connectivity index (χ0v) is 18.5. The topological polar surface area (TPSA) is 0 Å². The molecule has 0 aliphatic rings. The quantitative estimate of drug-likeness (QED) is 0.254. The molecule has 0 fully saturated rings. The molecule has 0 N–H and O–H groups in total. The first-order valence-corrected chi connectivity index (χ1v) is 12.1. The second-order valence-electron chi connectivity index (χ2n) is 6.85. The van der Waals surface area contributed by atoms with Gasteiger partial charge in [0.25, 0.3) is 0 Å². The van der Waals surface area contributed by atoms with Crippen molar-refractivity contribution in [1.29, 1.82) is 0 Å². The van der Waals surface area contributed by atoms with Gasteiger partial charge in [-0.15, -0.1) is 0 Å². The Bertz CT molecular complexity index is 465. The van der Waals surface area contributed by atoms with Crippen molar-refractivity contribution in [3.8, 4) is 0 Å². The summed E-state index contributed by atoms with van der Waals surface area (Å²) in [6.45, 7) is 2.27. The van der Waals surface area contributed by atoms with Gasteiger partial charge in [-0.25, -0.2) is 0 Å². The van der Waals surface area contributed by atoms with E-state index in [-0.39, 0.29) is 15.2 Å². The Morgan fingerprint density at radius 3 is 1.35 bits per heavy atom. The van der Waals surface area contributed by atoms with Crippen LogP contribution in [0.25, 0.3) is 0 Å². The van der Waals surface area contributed by atoms with E-state index in [2.05, 4.69) is 67.6 Å². The van der Waals surface area contributed by atoms with Crippen LogP contribution >= 0.6 is 0 Å². The van der Waals surface area contributed by atoms with Crippen molar-refractivity contribution in [3.05, 3.63) is 60.7 Å². The number of hydrogen-bond donors (Lipinski definition) is 0. The van der Waals surface area contributed by atoms with E-state index in [1.165, 1.54) is 73.1 Å². The van der Waals surface area contributed by atoms with Gasteiger partial charge >= 0.3 is 84.7 Å². The Labute approximate surface area is 173 Å². The van der Waals surface area contributed by atoms with Gasteiger partial charge in [-0.3, -0.25) is 0 Å². The van der Waals surface area contributed by atoms with E-state index in [9.17, 15) is 0 Å². The van der Waals surface area contributed by atoms with Crippen LogP contribution in [0.2, 0.25) is 0 Å². The van der Waals surface area contributed by atoms with Crippen molar-refractivity contribution in [2.75, 3.05) is 5.75 Å². The van der Waals surface area contributed by atoms with Crippen LogP contribution in [-0.4, -0.2) is 21.0 Å². The summed E-state index contributed by atoms with van der Waals surface area (Å²) in [4.78, 5) is 0. The molecule has 0 aliphatic carbocycles. The molecule has 140 valence electrons. The summed E-state index contributed by atoms with van der Waals surface area (Å²) >= 11 is 5.17. The second-order valence-corrected chi connectivity index (χ2v) is 8.88. The molecule has 0 saturated carbocycles. The molecule has 26 heavy (non-hydrogen) atoms. The summed E-state index contributed by atoms with van der Waals surface area (Å²) < 4.78 is 2.90. The molecular weight excluding hydrogens is 347 g/mol. The predicted octanol–water partition coefficient (Wildman–Crippen LogP) is 5.80. The van der Waals surface area contributed by atoms with E-state index in [0.717, 1.165) is 5.75 Å². The van der Waals surface area contributed by atoms with E-state index >= 15 is 0 Å². The van der Waals surface area contributed by atoms with Crippen LogP contribution in [0.3, 0.4) is 0 Å². The molecular formula is C24H35AlS. The van der Waals surface area contributed by atoms with Crippen molar-refractivity contribution < 1.29 is 0 Å². The van der Waals surface area contributed by atoms with Crippen LogP contribution in [-0.2, 0) is 12.6 Å². The molecule has 0 radical (unpaired) electrons. The van der Waals surface area contributed by atoms with Gasteiger partial charge in [0.05, 0.1) is 0 Å². The first-order valence-electron chi connectivity index (χ1n) is 10.4. The molecule has 0 spiro atoms. The molecule has 0 unspecified atom stereocenters. The monoisotopic (exact) mass is 382 g/mol. The third-order valence-corrected chi connectivity index (χ3v) is 6.16. The summed E-state index contributed by atoms with van der Waals surface area (Å²) in [7, 11) is 0. The average Bonchev–Trinajstić information content (AvgIpc) is 2.69. The van der Waals surface area contributed by atoms with Crippen LogP contribution in [0.15, 0.2) is 60.7 Å². The summed E-state index contributed by atoms with van der Waals surface area (Å²) in [5.74, 6) is 0.955. The fourth-order valence-corrected chi connectivity index (χ4v) is 4.30. The van der Waals surface area contributed by atoms with Crippen LogP contribution in [0.1, 0.15) is 71.1 Å². The molecule has 0 atom stereocenters. The molecule has 0 saturated heterocycles.